The number of ether oxygens (including phenoxy) is 2. The van der Waals surface area contributed by atoms with E-state index >= 15 is 0 Å². The summed E-state index contributed by atoms with van der Waals surface area (Å²) in [5.74, 6) is 0.768. The van der Waals surface area contributed by atoms with E-state index in [0.29, 0.717) is 37.8 Å². The van der Waals surface area contributed by atoms with Gasteiger partial charge in [0.1, 0.15) is 13.2 Å². The molecule has 1 atom stereocenters. The quantitative estimate of drug-likeness (QED) is 0.901. The van der Waals surface area contributed by atoms with Gasteiger partial charge in [-0.3, -0.25) is 14.6 Å². The zero-order valence-corrected chi connectivity index (χ0v) is 14.2. The first-order valence-corrected chi connectivity index (χ1v) is 8.57. The zero-order chi connectivity index (χ0) is 17.9. The molecule has 2 aliphatic heterocycles. The van der Waals surface area contributed by atoms with Gasteiger partial charge < -0.3 is 19.7 Å². The van der Waals surface area contributed by atoms with Crippen LogP contribution in [-0.4, -0.2) is 36.6 Å². The van der Waals surface area contributed by atoms with Crippen molar-refractivity contribution >= 4 is 17.5 Å². The molecule has 7 nitrogen and oxygen atoms in total. The largest absolute Gasteiger partial charge is 0.486 e. The van der Waals surface area contributed by atoms with Gasteiger partial charge in [-0.05, 0) is 29.8 Å². The third-order valence-corrected chi connectivity index (χ3v) is 4.55. The fourth-order valence-corrected chi connectivity index (χ4v) is 3.17. The van der Waals surface area contributed by atoms with Gasteiger partial charge in [0.25, 0.3) is 0 Å². The van der Waals surface area contributed by atoms with E-state index in [1.165, 1.54) is 0 Å². The minimum absolute atomic E-state index is 0.0641. The summed E-state index contributed by atoms with van der Waals surface area (Å²) >= 11 is 0. The van der Waals surface area contributed by atoms with E-state index in [1.54, 1.807) is 29.4 Å². The second-order valence-electron chi connectivity index (χ2n) is 6.31. The molecule has 0 saturated carbocycles. The van der Waals surface area contributed by atoms with Crippen LogP contribution in [0, 0.1) is 5.92 Å². The van der Waals surface area contributed by atoms with Crippen LogP contribution in [0.15, 0.2) is 42.7 Å². The number of hydrogen-bond donors (Lipinski definition) is 1. The number of carbonyl (C=O) groups excluding carboxylic acids is 2. The van der Waals surface area contributed by atoms with E-state index in [4.69, 9.17) is 9.47 Å². The molecule has 2 aromatic rings. The van der Waals surface area contributed by atoms with Crippen LogP contribution in [0.3, 0.4) is 0 Å². The van der Waals surface area contributed by atoms with E-state index in [-0.39, 0.29) is 24.2 Å². The Morgan fingerprint density at radius 3 is 2.73 bits per heavy atom. The van der Waals surface area contributed by atoms with E-state index in [0.717, 1.165) is 11.3 Å². The standard InChI is InChI=1S/C19H19N3O4/c23-18-9-14(19(24)21-11-13-3-5-20-6-4-13)12-22(18)15-1-2-16-17(10-15)26-8-7-25-16/h1-6,10,14H,7-9,11-12H2,(H,21,24). The third-order valence-electron chi connectivity index (χ3n) is 4.55. The van der Waals surface area contributed by atoms with E-state index in [2.05, 4.69) is 10.3 Å². The lowest BCUT2D eigenvalue weighted by atomic mass is 10.1. The molecule has 1 N–H and O–H groups in total. The zero-order valence-electron chi connectivity index (χ0n) is 14.2. The van der Waals surface area contributed by atoms with Crippen molar-refractivity contribution in [3.8, 4) is 11.5 Å². The summed E-state index contributed by atoms with van der Waals surface area (Å²) in [5, 5.41) is 2.89. The second kappa shape index (κ2) is 7.03. The molecule has 0 spiro atoms. The highest BCUT2D eigenvalue weighted by Crippen LogP contribution is 2.35. The van der Waals surface area contributed by atoms with Crippen LogP contribution in [0.25, 0.3) is 0 Å². The van der Waals surface area contributed by atoms with Crippen LogP contribution >= 0.6 is 0 Å². The first-order valence-electron chi connectivity index (χ1n) is 8.57. The van der Waals surface area contributed by atoms with Crippen LogP contribution in [-0.2, 0) is 16.1 Å². The molecule has 1 saturated heterocycles. The van der Waals surface area contributed by atoms with Crippen molar-refractivity contribution in [1.29, 1.82) is 0 Å². The predicted octanol–water partition coefficient (Wildman–Crippen LogP) is 1.52. The third kappa shape index (κ3) is 3.33. The van der Waals surface area contributed by atoms with Gasteiger partial charge in [0.2, 0.25) is 11.8 Å². The SMILES string of the molecule is O=C(NCc1ccncc1)C1CC(=O)N(c2ccc3c(c2)OCCO3)C1. The van der Waals surface area contributed by atoms with Crippen LogP contribution < -0.4 is 19.7 Å². The normalized spacial score (nSPS) is 18.7. The second-order valence-corrected chi connectivity index (χ2v) is 6.31. The fraction of sp³-hybridized carbons (Fsp3) is 0.316. The minimum Gasteiger partial charge on any atom is -0.486 e. The summed E-state index contributed by atoms with van der Waals surface area (Å²) in [6.07, 6.45) is 3.57. The summed E-state index contributed by atoms with van der Waals surface area (Å²) in [7, 11) is 0. The maximum Gasteiger partial charge on any atom is 0.227 e. The molecule has 0 bridgehead atoms. The number of pyridine rings is 1. The van der Waals surface area contributed by atoms with Gasteiger partial charge in [0.15, 0.2) is 11.5 Å². The molecule has 1 unspecified atom stereocenters. The summed E-state index contributed by atoms with van der Waals surface area (Å²) in [5.41, 5.74) is 1.70. The van der Waals surface area contributed by atoms with Gasteiger partial charge in [-0.2, -0.15) is 0 Å². The van der Waals surface area contributed by atoms with Crippen molar-refractivity contribution < 1.29 is 19.1 Å². The average Bonchev–Trinajstić information content (AvgIpc) is 3.08. The number of rotatable bonds is 4. The Morgan fingerprint density at radius 1 is 1.15 bits per heavy atom. The lowest BCUT2D eigenvalue weighted by Crippen LogP contribution is -2.32. The number of nitrogens with zero attached hydrogens (tertiary/aromatic N) is 2. The topological polar surface area (TPSA) is 80.8 Å². The minimum atomic E-state index is -0.363. The lowest BCUT2D eigenvalue weighted by molar-refractivity contribution is -0.126. The van der Waals surface area contributed by atoms with Crippen LogP contribution in [0.5, 0.6) is 11.5 Å². The van der Waals surface area contributed by atoms with E-state index in [1.807, 2.05) is 18.2 Å². The summed E-state index contributed by atoms with van der Waals surface area (Å²) in [6, 6.07) is 9.11. The van der Waals surface area contributed by atoms with Gasteiger partial charge in [-0.1, -0.05) is 0 Å². The summed E-state index contributed by atoms with van der Waals surface area (Å²) in [6.45, 7) is 1.80. The van der Waals surface area contributed by atoms with Crippen molar-refractivity contribution in [2.75, 3.05) is 24.7 Å². The van der Waals surface area contributed by atoms with E-state index < -0.39 is 0 Å². The molecule has 4 rings (SSSR count). The molecular formula is C19H19N3O4. The number of hydrogen-bond acceptors (Lipinski definition) is 5. The van der Waals surface area contributed by atoms with Crippen molar-refractivity contribution in [1.82, 2.24) is 10.3 Å². The Kier molecular flexibility index (Phi) is 4.43. The number of carbonyl (C=O) groups is 2. The van der Waals surface area contributed by atoms with E-state index in [9.17, 15) is 9.59 Å². The lowest BCUT2D eigenvalue weighted by Gasteiger charge is -2.22. The molecule has 2 aliphatic rings. The van der Waals surface area contributed by atoms with Crippen molar-refractivity contribution in [3.63, 3.8) is 0 Å². The number of fused-ring (bicyclic) bond motifs is 1. The molecule has 134 valence electrons. The Bertz CT molecular complexity index is 825. The number of benzene rings is 1. The predicted molar refractivity (Wildman–Crippen MR) is 94.0 cm³/mol. The highest BCUT2D eigenvalue weighted by atomic mass is 16.6. The molecule has 0 radical (unpaired) electrons. The molecular weight excluding hydrogens is 334 g/mol. The molecule has 26 heavy (non-hydrogen) atoms. The fourth-order valence-electron chi connectivity index (χ4n) is 3.17. The highest BCUT2D eigenvalue weighted by molar-refractivity contribution is 6.00. The Morgan fingerprint density at radius 2 is 1.92 bits per heavy atom. The number of amides is 2. The van der Waals surface area contributed by atoms with Crippen molar-refractivity contribution in [2.24, 2.45) is 5.92 Å². The maximum atomic E-state index is 12.4. The van der Waals surface area contributed by atoms with Gasteiger partial charge in [-0.15, -0.1) is 0 Å². The molecule has 1 fully saturated rings. The smallest absolute Gasteiger partial charge is 0.227 e. The van der Waals surface area contributed by atoms with Gasteiger partial charge >= 0.3 is 0 Å². The van der Waals surface area contributed by atoms with Crippen LogP contribution in [0.2, 0.25) is 0 Å². The Balaban J connectivity index is 1.41. The Labute approximate surface area is 150 Å². The number of anilines is 1. The molecule has 1 aromatic carbocycles. The highest BCUT2D eigenvalue weighted by Gasteiger charge is 2.35. The van der Waals surface area contributed by atoms with Crippen LogP contribution in [0.1, 0.15) is 12.0 Å². The van der Waals surface area contributed by atoms with Gasteiger partial charge in [0.05, 0.1) is 5.92 Å². The molecule has 1 aromatic heterocycles. The molecule has 2 amide bonds. The first-order chi connectivity index (χ1) is 12.7. The number of nitrogens with one attached hydrogen (secondary N) is 1. The monoisotopic (exact) mass is 353 g/mol. The van der Waals surface area contributed by atoms with Gasteiger partial charge in [-0.25, -0.2) is 0 Å². The molecule has 3 heterocycles. The van der Waals surface area contributed by atoms with Gasteiger partial charge in [0, 0.05) is 43.7 Å². The molecule has 7 heteroatoms. The van der Waals surface area contributed by atoms with Crippen molar-refractivity contribution in [2.45, 2.75) is 13.0 Å². The summed E-state index contributed by atoms with van der Waals surface area (Å²) in [4.78, 5) is 30.4. The molecule has 0 aliphatic carbocycles. The van der Waals surface area contributed by atoms with Crippen LogP contribution in [0.4, 0.5) is 5.69 Å². The first kappa shape index (κ1) is 16.4. The number of aromatic nitrogens is 1. The van der Waals surface area contributed by atoms with Crippen molar-refractivity contribution in [3.05, 3.63) is 48.3 Å². The summed E-state index contributed by atoms with van der Waals surface area (Å²) < 4.78 is 11.1. The maximum absolute atomic E-state index is 12.4. The average molecular weight is 353 g/mol. The Hall–Kier alpha value is -3.09.